The molecule has 1 atom stereocenters. The Morgan fingerprint density at radius 3 is 2.58 bits per heavy atom. The molecule has 1 aliphatic rings. The van der Waals surface area contributed by atoms with Crippen LogP contribution in [0.25, 0.3) is 5.52 Å². The van der Waals surface area contributed by atoms with E-state index in [1.54, 1.807) is 15.4 Å². The minimum absolute atomic E-state index is 0.189. The van der Waals surface area contributed by atoms with Crippen LogP contribution in [0.15, 0.2) is 34.8 Å². The Labute approximate surface area is 212 Å². The van der Waals surface area contributed by atoms with Crippen LogP contribution in [0, 0.1) is 11.3 Å². The van der Waals surface area contributed by atoms with Crippen molar-refractivity contribution in [1.82, 2.24) is 29.9 Å². The first-order valence-corrected chi connectivity index (χ1v) is 12.4. The van der Waals surface area contributed by atoms with Gasteiger partial charge in [0.05, 0.1) is 24.1 Å². The molecule has 0 aliphatic carbocycles. The summed E-state index contributed by atoms with van der Waals surface area (Å²) in [6.45, 7) is 13.8. The molecule has 1 unspecified atom stereocenters. The fourth-order valence-corrected chi connectivity index (χ4v) is 4.01. The smallest absolute Gasteiger partial charge is 0.148 e. The number of nitrogens with two attached hydrogens (primary N) is 1. The van der Waals surface area contributed by atoms with Crippen LogP contribution >= 0.6 is 0 Å². The maximum Gasteiger partial charge on any atom is 0.148 e. The molecule has 3 aromatic rings. The van der Waals surface area contributed by atoms with Crippen LogP contribution in [0.5, 0.6) is 5.75 Å². The molecule has 36 heavy (non-hydrogen) atoms. The van der Waals surface area contributed by atoms with Crippen molar-refractivity contribution in [2.75, 3.05) is 13.1 Å². The number of hydrazone groups is 1. The molecule has 0 bridgehead atoms. The summed E-state index contributed by atoms with van der Waals surface area (Å²) in [4.78, 5) is 4.86. The van der Waals surface area contributed by atoms with E-state index < -0.39 is 6.10 Å². The number of aromatic nitrogens is 5. The highest BCUT2D eigenvalue weighted by Gasteiger charge is 2.21. The van der Waals surface area contributed by atoms with Crippen LogP contribution in [0.4, 0.5) is 0 Å². The monoisotopic (exact) mass is 492 g/mol. The van der Waals surface area contributed by atoms with Gasteiger partial charge in [0.25, 0.3) is 0 Å². The van der Waals surface area contributed by atoms with Crippen LogP contribution < -0.4 is 15.9 Å². The summed E-state index contributed by atoms with van der Waals surface area (Å²) in [5.41, 5.74) is 3.67. The predicted molar refractivity (Wildman–Crippen MR) is 140 cm³/mol. The Balaban J connectivity index is 0.00000176. The van der Waals surface area contributed by atoms with E-state index >= 15 is 0 Å². The number of pyridine rings is 1. The first-order valence-electron chi connectivity index (χ1n) is 12.4. The summed E-state index contributed by atoms with van der Waals surface area (Å²) < 4.78 is 9.69. The number of hydrogen-bond acceptors (Lipinski definition) is 9. The van der Waals surface area contributed by atoms with Crippen molar-refractivity contribution in [2.24, 2.45) is 15.9 Å². The summed E-state index contributed by atoms with van der Waals surface area (Å²) in [5.74, 6) is 6.29. The van der Waals surface area contributed by atoms with Gasteiger partial charge in [-0.15, -0.1) is 5.10 Å². The number of hydrogen-bond donors (Lipinski definition) is 2. The molecule has 0 radical (unpaired) electrons. The second-order valence-electron chi connectivity index (χ2n) is 8.71. The standard InChI is InChI=1S/C23H30N10O.C2H6/c1-14(2)32-13-20(30-31-32)16(4)34-21-9-17(12-33-23(21)18(10-24)11-27-33)22(29-25)15(3)28-19-5-7-26-8-6-19;1-2/h9,11-14,16,19,26H,5-8,25H2,1-4H3;1-2H3/b28-15?,29-22+;. The van der Waals surface area contributed by atoms with Crippen molar-refractivity contribution in [1.29, 1.82) is 5.26 Å². The normalized spacial score (nSPS) is 15.9. The summed E-state index contributed by atoms with van der Waals surface area (Å²) in [7, 11) is 0. The summed E-state index contributed by atoms with van der Waals surface area (Å²) in [5, 5.41) is 29.8. The van der Waals surface area contributed by atoms with E-state index in [0.717, 1.165) is 31.6 Å². The zero-order valence-electron chi connectivity index (χ0n) is 21.9. The van der Waals surface area contributed by atoms with Crippen molar-refractivity contribution in [3.05, 3.63) is 41.5 Å². The summed E-state index contributed by atoms with van der Waals surface area (Å²) >= 11 is 0. The van der Waals surface area contributed by atoms with Gasteiger partial charge in [0.2, 0.25) is 0 Å². The Bertz CT molecular complexity index is 1260. The van der Waals surface area contributed by atoms with E-state index in [-0.39, 0.29) is 12.1 Å². The lowest BCUT2D eigenvalue weighted by atomic mass is 10.0. The van der Waals surface area contributed by atoms with Crippen molar-refractivity contribution in [3.8, 4) is 11.8 Å². The molecule has 4 heterocycles. The van der Waals surface area contributed by atoms with E-state index in [4.69, 9.17) is 15.6 Å². The molecular formula is C25H36N10O. The van der Waals surface area contributed by atoms with Gasteiger partial charge in [-0.1, -0.05) is 19.1 Å². The molecule has 192 valence electrons. The Morgan fingerprint density at radius 2 is 1.97 bits per heavy atom. The molecule has 11 nitrogen and oxygen atoms in total. The predicted octanol–water partition coefficient (Wildman–Crippen LogP) is 3.42. The van der Waals surface area contributed by atoms with Gasteiger partial charge in [0.1, 0.15) is 40.4 Å². The Morgan fingerprint density at radius 1 is 1.25 bits per heavy atom. The minimum Gasteiger partial charge on any atom is -0.482 e. The molecule has 1 aliphatic heterocycles. The van der Waals surface area contributed by atoms with Gasteiger partial charge in [-0.05, 0) is 59.7 Å². The number of nitrogens with zero attached hydrogens (tertiary/aromatic N) is 8. The van der Waals surface area contributed by atoms with Gasteiger partial charge in [0.15, 0.2) is 0 Å². The third kappa shape index (κ3) is 5.88. The number of piperidine rings is 1. The second kappa shape index (κ2) is 12.3. The first-order chi connectivity index (χ1) is 17.4. The molecule has 1 fully saturated rings. The number of nitrogens with one attached hydrogen (secondary N) is 1. The number of rotatable bonds is 7. The number of ether oxygens (including phenoxy) is 1. The van der Waals surface area contributed by atoms with Crippen molar-refractivity contribution >= 4 is 16.9 Å². The molecule has 1 saturated heterocycles. The van der Waals surface area contributed by atoms with Gasteiger partial charge >= 0.3 is 0 Å². The zero-order valence-corrected chi connectivity index (χ0v) is 21.9. The molecule has 3 aromatic heterocycles. The zero-order chi connectivity index (χ0) is 26.2. The van der Waals surface area contributed by atoms with Crippen LogP contribution in [0.1, 0.15) is 83.4 Å². The summed E-state index contributed by atoms with van der Waals surface area (Å²) in [6.07, 6.45) is 6.71. The lowest BCUT2D eigenvalue weighted by Crippen LogP contribution is -2.31. The quantitative estimate of drug-likeness (QED) is 0.292. The third-order valence-corrected chi connectivity index (χ3v) is 5.90. The van der Waals surface area contributed by atoms with Crippen molar-refractivity contribution in [2.45, 2.75) is 72.6 Å². The van der Waals surface area contributed by atoms with E-state index in [1.807, 2.05) is 53.8 Å². The van der Waals surface area contributed by atoms with E-state index in [0.29, 0.717) is 33.8 Å². The maximum atomic E-state index is 9.61. The van der Waals surface area contributed by atoms with Crippen LogP contribution in [0.3, 0.4) is 0 Å². The first kappa shape index (κ1) is 26.8. The molecule has 0 amide bonds. The van der Waals surface area contributed by atoms with Crippen LogP contribution in [-0.2, 0) is 0 Å². The van der Waals surface area contributed by atoms with Crippen LogP contribution in [0.2, 0.25) is 0 Å². The average Bonchev–Trinajstić information content (AvgIpc) is 3.54. The average molecular weight is 493 g/mol. The highest BCUT2D eigenvalue weighted by molar-refractivity contribution is 6.47. The topological polar surface area (TPSA) is 144 Å². The largest absolute Gasteiger partial charge is 0.482 e. The Kier molecular flexibility index (Phi) is 9.13. The van der Waals surface area contributed by atoms with Crippen molar-refractivity contribution in [3.63, 3.8) is 0 Å². The molecule has 0 aromatic carbocycles. The number of aliphatic imine (C=N–C) groups is 1. The maximum absolute atomic E-state index is 9.61. The third-order valence-electron chi connectivity index (χ3n) is 5.90. The number of fused-ring (bicyclic) bond motifs is 1. The van der Waals surface area contributed by atoms with Gasteiger partial charge in [0, 0.05) is 17.8 Å². The SMILES string of the molecule is CC.CC(=NC1CCNCC1)/C(=N\N)c1cc(OC(C)c2cn(C(C)C)nn2)c2c(C#N)cnn2c1. The molecule has 11 heteroatoms. The van der Waals surface area contributed by atoms with Gasteiger partial charge in [-0.3, -0.25) is 4.99 Å². The molecule has 0 spiro atoms. The van der Waals surface area contributed by atoms with E-state index in [9.17, 15) is 5.26 Å². The summed E-state index contributed by atoms with van der Waals surface area (Å²) in [6, 6.07) is 4.43. The second-order valence-corrected chi connectivity index (χ2v) is 8.71. The lowest BCUT2D eigenvalue weighted by Gasteiger charge is -2.20. The molecule has 0 saturated carbocycles. The fourth-order valence-electron chi connectivity index (χ4n) is 4.01. The van der Waals surface area contributed by atoms with Gasteiger partial charge in [-0.2, -0.15) is 15.5 Å². The Hall–Kier alpha value is -3.78. The lowest BCUT2D eigenvalue weighted by molar-refractivity contribution is 0.223. The number of nitriles is 1. The molecule has 3 N–H and O–H groups in total. The van der Waals surface area contributed by atoms with E-state index in [2.05, 4.69) is 31.9 Å². The van der Waals surface area contributed by atoms with E-state index in [1.165, 1.54) is 6.20 Å². The highest BCUT2D eigenvalue weighted by Crippen LogP contribution is 2.29. The molecule has 4 rings (SSSR count). The van der Waals surface area contributed by atoms with Gasteiger partial charge in [-0.25, -0.2) is 9.20 Å². The fraction of sp³-hybridized carbons (Fsp3) is 0.520. The molecular weight excluding hydrogens is 456 g/mol. The van der Waals surface area contributed by atoms with Crippen molar-refractivity contribution < 1.29 is 4.74 Å². The minimum atomic E-state index is -0.407. The van der Waals surface area contributed by atoms with Crippen LogP contribution in [-0.4, -0.2) is 55.2 Å². The highest BCUT2D eigenvalue weighted by atomic mass is 16.5. The van der Waals surface area contributed by atoms with Gasteiger partial charge < -0.3 is 15.9 Å².